The summed E-state index contributed by atoms with van der Waals surface area (Å²) in [6.07, 6.45) is 61.2. The third-order valence-electron chi connectivity index (χ3n) is 11.9. The Kier molecular flexibility index (Phi) is 45.3. The van der Waals surface area contributed by atoms with Crippen LogP contribution in [0.4, 0.5) is 17.3 Å². The molecule has 0 spiro atoms. The van der Waals surface area contributed by atoms with Crippen molar-refractivity contribution < 1.29 is 17.3 Å². The zero-order valence-electron chi connectivity index (χ0n) is 39.1. The molecule has 0 aliphatic heterocycles. The molecule has 0 heterocycles. The summed E-state index contributed by atoms with van der Waals surface area (Å²) in [7, 11) is -8.62. The SMILES string of the molecule is CCCCCCCCP(CCCCCCCC)(CCCCCCCC)=[N+]=P(CCCCCCCC)(CCCCCCCC)CCCCCCCC.F[B-](F)(F)F. The van der Waals surface area contributed by atoms with Gasteiger partial charge in [-0.05, 0) is 38.5 Å². The van der Waals surface area contributed by atoms with E-state index in [0.717, 1.165) is 0 Å². The third kappa shape index (κ3) is 42.5. The van der Waals surface area contributed by atoms with E-state index in [1.165, 1.54) is 268 Å². The summed E-state index contributed by atoms with van der Waals surface area (Å²) in [5, 5.41) is 0. The lowest BCUT2D eigenvalue weighted by Gasteiger charge is -2.20. The molecular formula is C48H102BF4NP2. The van der Waals surface area contributed by atoms with Gasteiger partial charge in [-0.15, -0.1) is 0 Å². The summed E-state index contributed by atoms with van der Waals surface area (Å²) in [6, 6.07) is 0. The molecule has 0 saturated carbocycles. The predicted octanol–water partition coefficient (Wildman–Crippen LogP) is 19.9. The molecule has 0 radical (unpaired) electrons. The second-order valence-electron chi connectivity index (χ2n) is 17.7. The van der Waals surface area contributed by atoms with Crippen molar-refractivity contribution in [2.24, 2.45) is 0 Å². The number of hydrogen-bond donors (Lipinski definition) is 0. The second-order valence-corrected chi connectivity index (χ2v) is 25.5. The van der Waals surface area contributed by atoms with Gasteiger partial charge in [-0.1, -0.05) is 234 Å². The van der Waals surface area contributed by atoms with Gasteiger partial charge >= 0.3 is 7.25 Å². The summed E-state index contributed by atoms with van der Waals surface area (Å²) in [5.41, 5.74) is 0. The largest absolute Gasteiger partial charge is 0.673 e. The van der Waals surface area contributed by atoms with Gasteiger partial charge in [0.25, 0.3) is 0 Å². The van der Waals surface area contributed by atoms with E-state index in [1.807, 2.05) is 0 Å². The first-order valence-corrected chi connectivity index (χ1v) is 30.0. The first kappa shape index (κ1) is 58.4. The van der Waals surface area contributed by atoms with E-state index in [9.17, 15) is 17.3 Å². The van der Waals surface area contributed by atoms with Crippen molar-refractivity contribution in [1.29, 1.82) is 0 Å². The van der Waals surface area contributed by atoms with Crippen molar-refractivity contribution >= 4 is 21.4 Å². The van der Waals surface area contributed by atoms with Crippen molar-refractivity contribution in [1.82, 2.24) is 4.17 Å². The van der Waals surface area contributed by atoms with Gasteiger partial charge in [0, 0.05) is 37.0 Å². The van der Waals surface area contributed by atoms with Gasteiger partial charge in [0.1, 0.15) is 0 Å². The van der Waals surface area contributed by atoms with Gasteiger partial charge in [0.15, 0.2) is 0 Å². The Hall–Kier alpha value is 0.355. The van der Waals surface area contributed by atoms with Crippen molar-refractivity contribution in [2.45, 2.75) is 273 Å². The van der Waals surface area contributed by atoms with Crippen LogP contribution in [0.2, 0.25) is 0 Å². The zero-order valence-corrected chi connectivity index (χ0v) is 40.9. The Morgan fingerprint density at radius 2 is 0.375 bits per heavy atom. The number of rotatable bonds is 42. The van der Waals surface area contributed by atoms with E-state index in [-0.39, 0.29) is 0 Å². The summed E-state index contributed by atoms with van der Waals surface area (Å²) in [6.45, 7) is 14.2. The molecule has 0 rings (SSSR count). The molecule has 0 saturated heterocycles. The molecule has 0 aromatic heterocycles. The van der Waals surface area contributed by atoms with Crippen molar-refractivity contribution in [3.63, 3.8) is 0 Å². The Bertz CT molecular complexity index is 743. The number of halogens is 4. The minimum Gasteiger partial charge on any atom is -0.418 e. The zero-order chi connectivity index (χ0) is 41.9. The van der Waals surface area contributed by atoms with Crippen LogP contribution < -0.4 is 4.17 Å². The highest BCUT2D eigenvalue weighted by atomic mass is 31.2. The van der Waals surface area contributed by atoms with Crippen molar-refractivity contribution in [3.8, 4) is 0 Å². The van der Waals surface area contributed by atoms with Crippen LogP contribution in [0, 0.1) is 0 Å². The molecule has 0 unspecified atom stereocenters. The molecule has 0 atom stereocenters. The highest BCUT2D eigenvalue weighted by Gasteiger charge is 2.35. The average Bonchev–Trinajstić information content (AvgIpc) is 3.16. The van der Waals surface area contributed by atoms with Crippen LogP contribution in [0.1, 0.15) is 273 Å². The average molecular weight is 842 g/mol. The first-order chi connectivity index (χ1) is 27.1. The Labute approximate surface area is 351 Å². The summed E-state index contributed by atoms with van der Waals surface area (Å²) < 4.78 is 45.8. The Morgan fingerprint density at radius 3 is 0.518 bits per heavy atom. The van der Waals surface area contributed by atoms with Crippen LogP contribution in [0.3, 0.4) is 0 Å². The van der Waals surface area contributed by atoms with Crippen LogP contribution in [0.15, 0.2) is 0 Å². The quantitative estimate of drug-likeness (QED) is 0.0191. The molecule has 56 heavy (non-hydrogen) atoms. The van der Waals surface area contributed by atoms with E-state index >= 15 is 0 Å². The predicted molar refractivity (Wildman–Crippen MR) is 256 cm³/mol. The molecule has 0 aromatic rings. The number of hydrogen-bond acceptors (Lipinski definition) is 0. The van der Waals surface area contributed by atoms with Gasteiger partial charge in [-0.2, -0.15) is 4.17 Å². The lowest BCUT2D eigenvalue weighted by atomic mass is 10.1. The molecule has 0 amide bonds. The van der Waals surface area contributed by atoms with Crippen molar-refractivity contribution in [2.75, 3.05) is 37.0 Å². The lowest BCUT2D eigenvalue weighted by molar-refractivity contribution is 0.368. The molecule has 340 valence electrons. The normalized spacial score (nSPS) is 12.2. The van der Waals surface area contributed by atoms with Crippen LogP contribution in [0.5, 0.6) is 0 Å². The molecule has 0 aliphatic carbocycles. The summed E-state index contributed by atoms with van der Waals surface area (Å²) >= 11 is 0. The molecule has 1 nitrogen and oxygen atoms in total. The fraction of sp³-hybridized carbons (Fsp3) is 1.00. The number of unbranched alkanes of at least 4 members (excludes halogenated alkanes) is 30. The maximum atomic E-state index is 9.75. The van der Waals surface area contributed by atoms with E-state index in [4.69, 9.17) is 4.17 Å². The summed E-state index contributed by atoms with van der Waals surface area (Å²) in [5.74, 6) is 0. The van der Waals surface area contributed by atoms with Crippen molar-refractivity contribution in [3.05, 3.63) is 0 Å². The van der Waals surface area contributed by atoms with Crippen LogP contribution in [-0.2, 0) is 0 Å². The van der Waals surface area contributed by atoms with Crippen LogP contribution in [0.25, 0.3) is 0 Å². The molecule has 0 fully saturated rings. The molecule has 0 N–H and O–H groups in total. The third-order valence-corrected chi connectivity index (χ3v) is 21.9. The van der Waals surface area contributed by atoms with E-state index in [0.29, 0.717) is 0 Å². The first-order valence-electron chi connectivity index (χ1n) is 25.4. The fourth-order valence-electron chi connectivity index (χ4n) is 8.46. The smallest absolute Gasteiger partial charge is 0.418 e. The van der Waals surface area contributed by atoms with Gasteiger partial charge < -0.3 is 17.3 Å². The highest BCUT2D eigenvalue weighted by molar-refractivity contribution is 7.73. The Morgan fingerprint density at radius 1 is 0.250 bits per heavy atom. The second kappa shape index (κ2) is 43.4. The minimum atomic E-state index is -6.00. The molecule has 0 bridgehead atoms. The maximum Gasteiger partial charge on any atom is 0.673 e. The summed E-state index contributed by atoms with van der Waals surface area (Å²) in [4.78, 5) is 0. The lowest BCUT2D eigenvalue weighted by Crippen LogP contribution is -2.10. The maximum absolute atomic E-state index is 9.75. The molecular weight excluding hydrogens is 739 g/mol. The minimum absolute atomic E-state index is 1.31. The van der Waals surface area contributed by atoms with Gasteiger partial charge in [-0.3, -0.25) is 0 Å². The Balaban J connectivity index is 0. The standard InChI is InChI=1S/C48H102NP2.BF4/c1-7-13-19-25-31-37-43-50(44-38-32-26-20-14-8-2,45-39-33-27-21-15-9-3)49-51(46-40-34-28-22-16-10-4,47-41-35-29-23-17-11-5)48-42-36-30-24-18-12-6;2-1(3,4)5/h7-48H2,1-6H3;/q+1;-1. The molecule has 8 heteroatoms. The topological polar surface area (TPSA) is 14.1 Å². The fourth-order valence-corrected chi connectivity index (χ4v) is 20.0. The number of nitrogens with zero attached hydrogens (tertiary/aromatic N) is 1. The highest BCUT2D eigenvalue weighted by Crippen LogP contribution is 2.56. The van der Waals surface area contributed by atoms with Crippen LogP contribution >= 0.6 is 14.1 Å². The van der Waals surface area contributed by atoms with E-state index in [1.54, 1.807) is 0 Å². The van der Waals surface area contributed by atoms with Crippen LogP contribution in [-0.4, -0.2) is 44.2 Å². The molecule has 0 aromatic carbocycles. The van der Waals surface area contributed by atoms with Gasteiger partial charge in [-0.25, -0.2) is 0 Å². The van der Waals surface area contributed by atoms with Gasteiger partial charge in [0.05, 0.1) is 0 Å². The van der Waals surface area contributed by atoms with E-state index < -0.39 is 21.4 Å². The van der Waals surface area contributed by atoms with Gasteiger partial charge in [0.2, 0.25) is 14.1 Å². The molecule has 0 aliphatic rings. The van der Waals surface area contributed by atoms with E-state index in [2.05, 4.69) is 41.5 Å². The monoisotopic (exact) mass is 842 g/mol.